The topological polar surface area (TPSA) is 84.6 Å². The van der Waals surface area contributed by atoms with E-state index in [1.807, 2.05) is 39.0 Å². The van der Waals surface area contributed by atoms with E-state index in [0.29, 0.717) is 35.5 Å². The molecule has 2 aromatic rings. The van der Waals surface area contributed by atoms with Crippen molar-refractivity contribution < 1.29 is 15.0 Å². The first-order chi connectivity index (χ1) is 14.1. The highest BCUT2D eigenvalue weighted by Gasteiger charge is 2.41. The first-order valence-corrected chi connectivity index (χ1v) is 10.5. The van der Waals surface area contributed by atoms with Crippen LogP contribution in [0, 0.1) is 22.7 Å². The summed E-state index contributed by atoms with van der Waals surface area (Å²) in [5.41, 5.74) is 2.69. The smallest absolute Gasteiger partial charge is 0.407 e. The molecule has 3 unspecified atom stereocenters. The molecule has 5 nitrogen and oxygen atoms in total. The van der Waals surface area contributed by atoms with E-state index in [2.05, 4.69) is 6.07 Å². The normalized spacial score (nSPS) is 20.5. The fraction of sp³-hybridized carbons (Fsp3) is 0.417. The van der Waals surface area contributed by atoms with E-state index in [9.17, 15) is 20.3 Å². The minimum Gasteiger partial charge on any atom is -0.465 e. The molecule has 0 aliphatic carbocycles. The maximum Gasteiger partial charge on any atom is 0.407 e. The molecule has 6 heteroatoms. The highest BCUT2D eigenvalue weighted by atomic mass is 35.5. The molecule has 1 aliphatic rings. The molecule has 2 aromatic carbocycles. The van der Waals surface area contributed by atoms with Crippen LogP contribution in [-0.4, -0.2) is 33.8 Å². The standard InChI is InChI=1S/C24H27ClN2O3/c1-24(2,3)21-13-17(10-11-27(21)23(29)30)22(28)20-12-15(14-26)4-9-19(20)16-5-7-18(25)8-6-16/h4-9,12,17,21-22,28H,10-11,13H2,1-3H3,(H,29,30). The van der Waals surface area contributed by atoms with Crippen LogP contribution >= 0.6 is 11.6 Å². The maximum absolute atomic E-state index is 11.7. The number of hydrogen-bond acceptors (Lipinski definition) is 3. The van der Waals surface area contributed by atoms with Crippen molar-refractivity contribution in [2.45, 2.75) is 45.8 Å². The molecule has 3 rings (SSSR count). The number of benzene rings is 2. The van der Waals surface area contributed by atoms with Crippen LogP contribution < -0.4 is 0 Å². The molecule has 1 amide bonds. The second-order valence-corrected chi connectivity index (χ2v) is 9.44. The Morgan fingerprint density at radius 2 is 1.90 bits per heavy atom. The third kappa shape index (κ3) is 4.61. The summed E-state index contributed by atoms with van der Waals surface area (Å²) in [6.07, 6.45) is -0.592. The van der Waals surface area contributed by atoms with Crippen LogP contribution in [0.3, 0.4) is 0 Å². The fourth-order valence-electron chi connectivity index (χ4n) is 4.35. The fourth-order valence-corrected chi connectivity index (χ4v) is 4.48. The van der Waals surface area contributed by atoms with Gasteiger partial charge in [-0.3, -0.25) is 0 Å². The van der Waals surface area contributed by atoms with Gasteiger partial charge in [0.2, 0.25) is 0 Å². The van der Waals surface area contributed by atoms with Crippen molar-refractivity contribution in [3.63, 3.8) is 0 Å². The van der Waals surface area contributed by atoms with Crippen molar-refractivity contribution in [3.05, 3.63) is 58.6 Å². The lowest BCUT2D eigenvalue weighted by molar-refractivity contribution is -0.000674. The Hall–Kier alpha value is -2.55. The molecule has 158 valence electrons. The molecular formula is C24H27ClN2O3. The van der Waals surface area contributed by atoms with Gasteiger partial charge in [-0.1, -0.05) is 50.6 Å². The molecule has 0 bridgehead atoms. The quantitative estimate of drug-likeness (QED) is 0.657. The Bertz CT molecular complexity index is 960. The number of carboxylic acid groups (broad SMARTS) is 1. The summed E-state index contributed by atoms with van der Waals surface area (Å²) in [5, 5.41) is 31.0. The van der Waals surface area contributed by atoms with E-state index in [1.54, 1.807) is 24.3 Å². The zero-order valence-electron chi connectivity index (χ0n) is 17.5. The molecule has 0 saturated carbocycles. The van der Waals surface area contributed by atoms with E-state index >= 15 is 0 Å². The number of rotatable bonds is 3. The number of carbonyl (C=O) groups is 1. The number of aliphatic hydroxyl groups is 1. The second kappa shape index (κ2) is 8.67. The van der Waals surface area contributed by atoms with Gasteiger partial charge in [-0.15, -0.1) is 0 Å². The van der Waals surface area contributed by atoms with Crippen molar-refractivity contribution >= 4 is 17.7 Å². The van der Waals surface area contributed by atoms with Crippen LogP contribution in [0.2, 0.25) is 5.02 Å². The molecule has 30 heavy (non-hydrogen) atoms. The minimum atomic E-state index is -0.920. The Morgan fingerprint density at radius 1 is 1.23 bits per heavy atom. The largest absolute Gasteiger partial charge is 0.465 e. The number of aliphatic hydroxyl groups excluding tert-OH is 1. The summed E-state index contributed by atoms with van der Waals surface area (Å²) in [6.45, 7) is 6.46. The van der Waals surface area contributed by atoms with Gasteiger partial charge < -0.3 is 15.1 Å². The molecule has 1 fully saturated rings. The molecule has 0 spiro atoms. The number of likely N-dealkylation sites (tertiary alicyclic amines) is 1. The van der Waals surface area contributed by atoms with Crippen molar-refractivity contribution in [1.29, 1.82) is 5.26 Å². The summed E-state index contributed by atoms with van der Waals surface area (Å²) in [6, 6.07) is 14.7. The van der Waals surface area contributed by atoms with E-state index in [4.69, 9.17) is 11.6 Å². The van der Waals surface area contributed by atoms with E-state index in [-0.39, 0.29) is 17.4 Å². The van der Waals surface area contributed by atoms with Crippen molar-refractivity contribution in [3.8, 4) is 17.2 Å². The van der Waals surface area contributed by atoms with Crippen LogP contribution in [0.1, 0.15) is 50.8 Å². The average molecular weight is 427 g/mol. The predicted octanol–water partition coefficient (Wildman–Crippen LogP) is 5.72. The summed E-state index contributed by atoms with van der Waals surface area (Å²) >= 11 is 6.02. The maximum atomic E-state index is 11.7. The van der Waals surface area contributed by atoms with Gasteiger partial charge in [-0.2, -0.15) is 5.26 Å². The highest BCUT2D eigenvalue weighted by Crippen LogP contribution is 2.42. The van der Waals surface area contributed by atoms with Gasteiger partial charge in [-0.05, 0) is 65.1 Å². The van der Waals surface area contributed by atoms with Crippen LogP contribution in [-0.2, 0) is 0 Å². The molecule has 1 saturated heterocycles. The Balaban J connectivity index is 1.98. The third-order valence-corrected chi connectivity index (χ3v) is 6.24. The van der Waals surface area contributed by atoms with Crippen LogP contribution in [0.25, 0.3) is 11.1 Å². The van der Waals surface area contributed by atoms with Crippen LogP contribution in [0.4, 0.5) is 4.79 Å². The second-order valence-electron chi connectivity index (χ2n) is 9.01. The van der Waals surface area contributed by atoms with E-state index in [0.717, 1.165) is 11.1 Å². The Labute approximate surface area is 182 Å². The monoisotopic (exact) mass is 426 g/mol. The van der Waals surface area contributed by atoms with Gasteiger partial charge in [0, 0.05) is 17.6 Å². The van der Waals surface area contributed by atoms with Gasteiger partial charge >= 0.3 is 6.09 Å². The van der Waals surface area contributed by atoms with Gasteiger partial charge in [0.25, 0.3) is 0 Å². The first-order valence-electron chi connectivity index (χ1n) is 10.1. The number of nitriles is 1. The summed E-state index contributed by atoms with van der Waals surface area (Å²) in [7, 11) is 0. The molecule has 0 aromatic heterocycles. The predicted molar refractivity (Wildman–Crippen MR) is 117 cm³/mol. The zero-order chi connectivity index (χ0) is 22.1. The van der Waals surface area contributed by atoms with Gasteiger partial charge in [0.15, 0.2) is 0 Å². The molecule has 1 aliphatic heterocycles. The molecule has 1 heterocycles. The van der Waals surface area contributed by atoms with Crippen molar-refractivity contribution in [1.82, 2.24) is 4.90 Å². The van der Waals surface area contributed by atoms with E-state index < -0.39 is 12.2 Å². The summed E-state index contributed by atoms with van der Waals surface area (Å²) < 4.78 is 0. The number of amides is 1. The molecule has 0 radical (unpaired) electrons. The average Bonchev–Trinajstić information content (AvgIpc) is 2.72. The summed E-state index contributed by atoms with van der Waals surface area (Å²) in [5.74, 6) is -0.107. The minimum absolute atomic E-state index is 0.107. The Morgan fingerprint density at radius 3 is 2.47 bits per heavy atom. The summed E-state index contributed by atoms with van der Waals surface area (Å²) in [4.78, 5) is 13.2. The van der Waals surface area contributed by atoms with Crippen molar-refractivity contribution in [2.24, 2.45) is 11.3 Å². The Kier molecular flexibility index (Phi) is 6.40. The molecular weight excluding hydrogens is 400 g/mol. The lowest BCUT2D eigenvalue weighted by atomic mass is 9.74. The molecule has 2 N–H and O–H groups in total. The number of halogens is 1. The first kappa shape index (κ1) is 22.1. The molecule has 3 atom stereocenters. The zero-order valence-corrected chi connectivity index (χ0v) is 18.2. The van der Waals surface area contributed by atoms with Crippen LogP contribution in [0.5, 0.6) is 0 Å². The number of piperidine rings is 1. The SMILES string of the molecule is CC(C)(C)C1CC(C(O)c2cc(C#N)ccc2-c2ccc(Cl)cc2)CCN1C(=O)O. The highest BCUT2D eigenvalue weighted by molar-refractivity contribution is 6.30. The lowest BCUT2D eigenvalue weighted by Crippen LogP contribution is -2.52. The number of hydrogen-bond donors (Lipinski definition) is 2. The third-order valence-electron chi connectivity index (χ3n) is 5.99. The van der Waals surface area contributed by atoms with Crippen LogP contribution in [0.15, 0.2) is 42.5 Å². The van der Waals surface area contributed by atoms with Gasteiger partial charge in [-0.25, -0.2) is 4.79 Å². The lowest BCUT2D eigenvalue weighted by Gasteiger charge is -2.45. The van der Waals surface area contributed by atoms with Gasteiger partial charge in [0.05, 0.1) is 17.7 Å². The van der Waals surface area contributed by atoms with Crippen molar-refractivity contribution in [2.75, 3.05) is 6.54 Å². The number of nitrogens with zero attached hydrogens (tertiary/aromatic N) is 2. The van der Waals surface area contributed by atoms with Gasteiger partial charge in [0.1, 0.15) is 0 Å². The van der Waals surface area contributed by atoms with E-state index in [1.165, 1.54) is 4.90 Å².